The highest BCUT2D eigenvalue weighted by Gasteiger charge is 2.39. The average Bonchev–Trinajstić information content (AvgIpc) is 3.49. The summed E-state index contributed by atoms with van der Waals surface area (Å²) in [7, 11) is -2.18. The monoisotopic (exact) mass is 613 g/mol. The van der Waals surface area contributed by atoms with Gasteiger partial charge in [-0.15, -0.1) is 0 Å². The normalized spacial score (nSPS) is 12.5. The van der Waals surface area contributed by atoms with Crippen LogP contribution in [0, 0.1) is 0 Å². The van der Waals surface area contributed by atoms with Gasteiger partial charge in [-0.3, -0.25) is 0 Å². The Bertz CT molecular complexity index is 1860. The van der Waals surface area contributed by atoms with Gasteiger partial charge in [-0.2, -0.15) is 9.78 Å². The van der Waals surface area contributed by atoms with Crippen LogP contribution < -0.4 is 9.16 Å². The fraction of sp³-hybridized carbons (Fsp3) is 0.324. The molecule has 0 fully saturated rings. The number of hydrogen-bond acceptors (Lipinski definition) is 6. The van der Waals surface area contributed by atoms with Crippen molar-refractivity contribution in [3.8, 4) is 22.9 Å². The minimum Gasteiger partial charge on any atom is -0.543 e. The molecule has 0 aliphatic heterocycles. The zero-order valence-corrected chi connectivity index (χ0v) is 27.5. The molecule has 0 aliphatic rings. The molecule has 0 unspecified atom stereocenters. The first-order valence-corrected chi connectivity index (χ1v) is 17.5. The van der Waals surface area contributed by atoms with Crippen molar-refractivity contribution < 1.29 is 28.6 Å². The van der Waals surface area contributed by atoms with E-state index in [1.165, 1.54) is 4.57 Å². The van der Waals surface area contributed by atoms with E-state index in [4.69, 9.17) is 13.9 Å². The van der Waals surface area contributed by atoms with E-state index in [-0.39, 0.29) is 5.04 Å². The molecule has 3 aromatic carbocycles. The van der Waals surface area contributed by atoms with Crippen LogP contribution in [0.2, 0.25) is 18.1 Å². The highest BCUT2D eigenvalue weighted by molar-refractivity contribution is 6.74. The van der Waals surface area contributed by atoms with Crippen molar-refractivity contribution >= 4 is 42.3 Å². The van der Waals surface area contributed by atoms with Crippen molar-refractivity contribution in [2.45, 2.75) is 71.9 Å². The van der Waals surface area contributed by atoms with Gasteiger partial charge in [0.15, 0.2) is 0 Å². The third-order valence-electron chi connectivity index (χ3n) is 7.85. The zero-order valence-electron chi connectivity index (χ0n) is 26.5. The maximum Gasteiger partial charge on any atom is 0.432 e. The Hall–Kier alpha value is -4.57. The SMILES string of the molecule is CC(C)(C)OC(=O)n1c(-c2nn(C(=O)O)c3ccc(OCc4ccccc4)cc23)cc2ccc(O[Si](C)(C)C(C)(C)C)cc21. The van der Waals surface area contributed by atoms with Crippen LogP contribution >= 0.6 is 0 Å². The van der Waals surface area contributed by atoms with Gasteiger partial charge in [-0.25, -0.2) is 14.2 Å². The molecule has 44 heavy (non-hydrogen) atoms. The Morgan fingerprint density at radius 1 is 0.864 bits per heavy atom. The fourth-order valence-electron chi connectivity index (χ4n) is 4.63. The second kappa shape index (κ2) is 11.2. The van der Waals surface area contributed by atoms with Crippen molar-refractivity contribution in [2.75, 3.05) is 0 Å². The van der Waals surface area contributed by atoms with Gasteiger partial charge in [0.1, 0.15) is 29.4 Å². The number of carbonyl (C=O) groups is 2. The van der Waals surface area contributed by atoms with Gasteiger partial charge in [0.2, 0.25) is 8.32 Å². The largest absolute Gasteiger partial charge is 0.543 e. The van der Waals surface area contributed by atoms with E-state index in [1.54, 1.807) is 39.0 Å². The summed E-state index contributed by atoms with van der Waals surface area (Å²) >= 11 is 0. The summed E-state index contributed by atoms with van der Waals surface area (Å²) in [4.78, 5) is 26.1. The molecule has 1 N–H and O–H groups in total. The number of nitrogens with zero attached hydrogens (tertiary/aromatic N) is 3. The number of benzene rings is 3. The number of carboxylic acid groups (broad SMARTS) is 1. The van der Waals surface area contributed by atoms with Crippen molar-refractivity contribution in [1.82, 2.24) is 14.3 Å². The minimum absolute atomic E-state index is 0.0247. The lowest BCUT2D eigenvalue weighted by molar-refractivity contribution is 0.0547. The van der Waals surface area contributed by atoms with E-state index >= 15 is 0 Å². The lowest BCUT2D eigenvalue weighted by Crippen LogP contribution is -2.43. The van der Waals surface area contributed by atoms with E-state index in [0.717, 1.165) is 15.6 Å². The summed E-state index contributed by atoms with van der Waals surface area (Å²) in [6.07, 6.45) is -1.86. The van der Waals surface area contributed by atoms with Gasteiger partial charge in [-0.05, 0) is 80.9 Å². The van der Waals surface area contributed by atoms with Crippen LogP contribution in [0.1, 0.15) is 47.1 Å². The summed E-state index contributed by atoms with van der Waals surface area (Å²) in [6.45, 7) is 16.6. The predicted molar refractivity (Wildman–Crippen MR) is 174 cm³/mol. The van der Waals surface area contributed by atoms with Crippen LogP contribution in [0.25, 0.3) is 33.2 Å². The van der Waals surface area contributed by atoms with E-state index < -0.39 is 26.1 Å². The highest BCUT2D eigenvalue weighted by Crippen LogP contribution is 2.40. The lowest BCUT2D eigenvalue weighted by atomic mass is 10.1. The van der Waals surface area contributed by atoms with Gasteiger partial charge < -0.3 is 19.0 Å². The number of fused-ring (bicyclic) bond motifs is 2. The molecule has 0 radical (unpaired) electrons. The Labute approximate surface area is 258 Å². The van der Waals surface area contributed by atoms with Crippen LogP contribution in [0.5, 0.6) is 11.5 Å². The second-order valence-electron chi connectivity index (χ2n) is 13.4. The Morgan fingerprint density at radius 3 is 2.18 bits per heavy atom. The third-order valence-corrected chi connectivity index (χ3v) is 12.2. The first-order valence-electron chi connectivity index (χ1n) is 14.6. The van der Waals surface area contributed by atoms with Crippen molar-refractivity contribution in [1.29, 1.82) is 0 Å². The maximum atomic E-state index is 13.8. The van der Waals surface area contributed by atoms with Crippen LogP contribution in [-0.4, -0.2) is 45.6 Å². The van der Waals surface area contributed by atoms with E-state index in [2.05, 4.69) is 39.0 Å². The molecule has 9 nitrogen and oxygen atoms in total. The molecule has 0 bridgehead atoms. The molecule has 0 saturated carbocycles. The maximum absolute atomic E-state index is 13.8. The van der Waals surface area contributed by atoms with Gasteiger partial charge in [0.25, 0.3) is 0 Å². The summed E-state index contributed by atoms with van der Waals surface area (Å²) in [5, 5.41) is 15.7. The van der Waals surface area contributed by atoms with E-state index in [0.29, 0.717) is 45.9 Å². The number of rotatable bonds is 6. The first-order chi connectivity index (χ1) is 20.5. The Kier molecular flexibility index (Phi) is 7.84. The summed E-state index contributed by atoms with van der Waals surface area (Å²) in [5.74, 6) is 1.19. The standard InChI is InChI=1S/C34H39N3O6Si/c1-33(2,3)42-32(40)36-28-20-25(43-44(7,8)34(4,5)6)15-14-23(28)18-29(36)30-26-19-24(41-21-22-12-10-9-11-13-22)16-17-27(26)37(35-30)31(38)39/h9-20H,21H2,1-8H3,(H,38,39). The fourth-order valence-corrected chi connectivity index (χ4v) is 5.66. The van der Waals surface area contributed by atoms with Crippen molar-refractivity contribution in [3.63, 3.8) is 0 Å². The molecule has 230 valence electrons. The molecular weight excluding hydrogens is 574 g/mol. The Balaban J connectivity index is 1.68. The van der Waals surface area contributed by atoms with Gasteiger partial charge in [0, 0.05) is 16.8 Å². The molecule has 10 heteroatoms. The zero-order chi connectivity index (χ0) is 32.0. The molecule has 0 saturated heterocycles. The summed E-state index contributed by atoms with van der Waals surface area (Å²) in [5.41, 5.74) is 1.85. The van der Waals surface area contributed by atoms with Crippen LogP contribution in [0.3, 0.4) is 0 Å². The topological polar surface area (TPSA) is 105 Å². The lowest BCUT2D eigenvalue weighted by Gasteiger charge is -2.36. The molecule has 2 aromatic heterocycles. The minimum atomic E-state index is -2.18. The van der Waals surface area contributed by atoms with E-state index in [9.17, 15) is 14.7 Å². The molecule has 5 aromatic rings. The molecule has 2 heterocycles. The van der Waals surface area contributed by atoms with Crippen molar-refractivity contribution in [3.05, 3.63) is 78.4 Å². The third kappa shape index (κ3) is 6.21. The Morgan fingerprint density at radius 2 is 1.55 bits per heavy atom. The predicted octanol–water partition coefficient (Wildman–Crippen LogP) is 8.93. The molecule has 0 spiro atoms. The smallest absolute Gasteiger partial charge is 0.432 e. The molecule has 5 rings (SSSR count). The first kappa shape index (κ1) is 30.9. The van der Waals surface area contributed by atoms with Gasteiger partial charge >= 0.3 is 12.2 Å². The summed E-state index contributed by atoms with van der Waals surface area (Å²) < 4.78 is 20.8. The highest BCUT2D eigenvalue weighted by atomic mass is 28.4. The average molecular weight is 614 g/mol. The van der Waals surface area contributed by atoms with Gasteiger partial charge in [-0.1, -0.05) is 51.1 Å². The number of carbonyl (C=O) groups excluding carboxylic acids is 1. The van der Waals surface area contributed by atoms with Crippen LogP contribution in [0.4, 0.5) is 9.59 Å². The quantitative estimate of drug-likeness (QED) is 0.191. The molecule has 0 atom stereocenters. The second-order valence-corrected chi connectivity index (χ2v) is 18.1. The summed E-state index contributed by atoms with van der Waals surface area (Å²) in [6, 6.07) is 22.3. The van der Waals surface area contributed by atoms with E-state index in [1.807, 2.05) is 54.6 Å². The van der Waals surface area contributed by atoms with Crippen LogP contribution in [0.15, 0.2) is 72.8 Å². The molecule has 0 amide bonds. The number of hydrogen-bond donors (Lipinski definition) is 1. The van der Waals surface area contributed by atoms with Gasteiger partial charge in [0.05, 0.1) is 16.7 Å². The number of aromatic nitrogens is 3. The number of ether oxygens (including phenoxy) is 2. The molecular formula is C34H39N3O6Si. The van der Waals surface area contributed by atoms with Crippen molar-refractivity contribution in [2.24, 2.45) is 0 Å². The van der Waals surface area contributed by atoms with Crippen LogP contribution in [-0.2, 0) is 11.3 Å². The molecule has 0 aliphatic carbocycles.